The standard InChI is InChI=1S/C9H12BrClN2/c1-7-3-5-12-9(8(7)10)13(2)6-4-11/h3,5H,4,6H2,1-2H3. The van der Waals surface area contributed by atoms with E-state index in [9.17, 15) is 0 Å². The zero-order chi connectivity index (χ0) is 9.84. The first kappa shape index (κ1) is 10.8. The Balaban J connectivity index is 2.93. The van der Waals surface area contributed by atoms with Gasteiger partial charge in [0, 0.05) is 25.7 Å². The van der Waals surface area contributed by atoms with Crippen molar-refractivity contribution in [2.24, 2.45) is 0 Å². The largest absolute Gasteiger partial charge is 0.358 e. The zero-order valence-corrected chi connectivity index (χ0v) is 10.1. The number of aryl methyl sites for hydroxylation is 1. The number of aromatic nitrogens is 1. The van der Waals surface area contributed by atoms with E-state index in [0.29, 0.717) is 5.88 Å². The van der Waals surface area contributed by atoms with E-state index < -0.39 is 0 Å². The Bertz CT molecular complexity index is 291. The molecule has 4 heteroatoms. The first-order valence-corrected chi connectivity index (χ1v) is 5.37. The van der Waals surface area contributed by atoms with Gasteiger partial charge >= 0.3 is 0 Å². The van der Waals surface area contributed by atoms with E-state index in [0.717, 1.165) is 16.8 Å². The van der Waals surface area contributed by atoms with Crippen molar-refractivity contribution in [3.63, 3.8) is 0 Å². The molecule has 13 heavy (non-hydrogen) atoms. The Morgan fingerprint density at radius 1 is 1.62 bits per heavy atom. The van der Waals surface area contributed by atoms with Crippen LogP contribution in [-0.4, -0.2) is 24.5 Å². The quantitative estimate of drug-likeness (QED) is 0.780. The lowest BCUT2D eigenvalue weighted by molar-refractivity contribution is 0.935. The maximum atomic E-state index is 5.65. The van der Waals surface area contributed by atoms with E-state index in [-0.39, 0.29) is 0 Å². The van der Waals surface area contributed by atoms with Crippen LogP contribution in [0.15, 0.2) is 16.7 Å². The molecule has 1 heterocycles. The molecule has 1 aromatic heterocycles. The molecule has 1 rings (SSSR count). The first-order valence-electron chi connectivity index (χ1n) is 4.05. The summed E-state index contributed by atoms with van der Waals surface area (Å²) in [6.45, 7) is 2.85. The fraction of sp³-hybridized carbons (Fsp3) is 0.444. The summed E-state index contributed by atoms with van der Waals surface area (Å²) in [6, 6.07) is 1.97. The molecule has 0 aliphatic heterocycles. The molecule has 0 spiro atoms. The zero-order valence-electron chi connectivity index (χ0n) is 7.72. The smallest absolute Gasteiger partial charge is 0.142 e. The second-order valence-electron chi connectivity index (χ2n) is 2.88. The molecule has 1 aromatic rings. The molecule has 0 fully saturated rings. The Kier molecular flexibility index (Phi) is 4.00. The van der Waals surface area contributed by atoms with Gasteiger partial charge in [0.1, 0.15) is 5.82 Å². The predicted molar refractivity (Wildman–Crippen MR) is 60.7 cm³/mol. The molecule has 0 radical (unpaired) electrons. The average molecular weight is 264 g/mol. The molecule has 0 amide bonds. The third-order valence-corrected chi connectivity index (χ3v) is 2.99. The van der Waals surface area contributed by atoms with E-state index in [4.69, 9.17) is 11.6 Å². The van der Waals surface area contributed by atoms with Gasteiger partial charge < -0.3 is 4.90 Å². The molecule has 0 unspecified atom stereocenters. The van der Waals surface area contributed by atoms with Crippen LogP contribution in [0.4, 0.5) is 5.82 Å². The van der Waals surface area contributed by atoms with Gasteiger partial charge in [-0.2, -0.15) is 0 Å². The van der Waals surface area contributed by atoms with Crippen LogP contribution in [0.5, 0.6) is 0 Å². The van der Waals surface area contributed by atoms with Gasteiger partial charge in [0.2, 0.25) is 0 Å². The molecular formula is C9H12BrClN2. The van der Waals surface area contributed by atoms with E-state index in [1.165, 1.54) is 5.56 Å². The van der Waals surface area contributed by atoms with Crippen molar-refractivity contribution in [3.8, 4) is 0 Å². The molecule has 0 N–H and O–H groups in total. The Morgan fingerprint density at radius 2 is 2.31 bits per heavy atom. The molecule has 0 atom stereocenters. The van der Waals surface area contributed by atoms with Crippen LogP contribution in [0.2, 0.25) is 0 Å². The number of anilines is 1. The van der Waals surface area contributed by atoms with Crippen molar-refractivity contribution >= 4 is 33.3 Å². The normalized spacial score (nSPS) is 10.2. The van der Waals surface area contributed by atoms with Crippen molar-refractivity contribution in [1.29, 1.82) is 0 Å². The number of pyridine rings is 1. The Hall–Kier alpha value is -0.280. The number of nitrogens with zero attached hydrogens (tertiary/aromatic N) is 2. The second kappa shape index (κ2) is 4.82. The molecule has 2 nitrogen and oxygen atoms in total. The van der Waals surface area contributed by atoms with Gasteiger partial charge in [0.15, 0.2) is 0 Å². The van der Waals surface area contributed by atoms with Crippen LogP contribution in [0.3, 0.4) is 0 Å². The van der Waals surface area contributed by atoms with Crippen LogP contribution < -0.4 is 4.90 Å². The van der Waals surface area contributed by atoms with Crippen LogP contribution in [0.25, 0.3) is 0 Å². The summed E-state index contributed by atoms with van der Waals surface area (Å²) in [5.74, 6) is 1.55. The van der Waals surface area contributed by atoms with Gasteiger partial charge in [0.05, 0.1) is 4.47 Å². The molecule has 0 saturated carbocycles. The van der Waals surface area contributed by atoms with E-state index in [1.54, 1.807) is 6.20 Å². The van der Waals surface area contributed by atoms with Gasteiger partial charge in [-0.1, -0.05) is 0 Å². The van der Waals surface area contributed by atoms with Crippen molar-refractivity contribution in [2.45, 2.75) is 6.92 Å². The molecule has 0 bridgehead atoms. The summed E-state index contributed by atoms with van der Waals surface area (Å²) in [4.78, 5) is 6.31. The molecule has 0 saturated heterocycles. The van der Waals surface area contributed by atoms with Crippen LogP contribution in [0, 0.1) is 6.92 Å². The third kappa shape index (κ3) is 2.58. The van der Waals surface area contributed by atoms with Crippen molar-refractivity contribution < 1.29 is 0 Å². The lowest BCUT2D eigenvalue weighted by Gasteiger charge is -2.18. The topological polar surface area (TPSA) is 16.1 Å². The van der Waals surface area contributed by atoms with Gasteiger partial charge in [0.25, 0.3) is 0 Å². The number of rotatable bonds is 3. The maximum Gasteiger partial charge on any atom is 0.142 e. The van der Waals surface area contributed by atoms with Crippen LogP contribution in [-0.2, 0) is 0 Å². The lowest BCUT2D eigenvalue weighted by atomic mass is 10.3. The molecule has 0 aliphatic carbocycles. The summed E-state index contributed by atoms with van der Waals surface area (Å²) in [5.41, 5.74) is 1.19. The summed E-state index contributed by atoms with van der Waals surface area (Å²) >= 11 is 9.16. The van der Waals surface area contributed by atoms with E-state index >= 15 is 0 Å². The van der Waals surface area contributed by atoms with Gasteiger partial charge in [-0.3, -0.25) is 0 Å². The first-order chi connectivity index (χ1) is 6.16. The van der Waals surface area contributed by atoms with Gasteiger partial charge in [-0.05, 0) is 34.5 Å². The minimum absolute atomic E-state index is 0.610. The number of halogens is 2. The highest BCUT2D eigenvalue weighted by atomic mass is 79.9. The molecule has 72 valence electrons. The number of hydrogen-bond donors (Lipinski definition) is 0. The predicted octanol–water partition coefficient (Wildman–Crippen LogP) is 2.83. The molecular weight excluding hydrogens is 251 g/mol. The Morgan fingerprint density at radius 3 is 2.92 bits per heavy atom. The van der Waals surface area contributed by atoms with Crippen LogP contribution >= 0.6 is 27.5 Å². The summed E-state index contributed by atoms with van der Waals surface area (Å²) in [6.07, 6.45) is 1.81. The number of hydrogen-bond acceptors (Lipinski definition) is 2. The highest BCUT2D eigenvalue weighted by Gasteiger charge is 2.07. The van der Waals surface area contributed by atoms with E-state index in [1.807, 2.05) is 24.9 Å². The average Bonchev–Trinajstić information content (AvgIpc) is 2.10. The summed E-state index contributed by atoms with van der Waals surface area (Å²) < 4.78 is 1.04. The SMILES string of the molecule is Cc1ccnc(N(C)CCCl)c1Br. The molecule has 0 aliphatic rings. The van der Waals surface area contributed by atoms with Gasteiger partial charge in [-0.15, -0.1) is 11.6 Å². The van der Waals surface area contributed by atoms with E-state index in [2.05, 4.69) is 20.9 Å². The fourth-order valence-corrected chi connectivity index (χ4v) is 1.82. The maximum absolute atomic E-state index is 5.65. The lowest BCUT2D eigenvalue weighted by Crippen LogP contribution is -2.21. The summed E-state index contributed by atoms with van der Waals surface area (Å²) in [5, 5.41) is 0. The minimum atomic E-state index is 0.610. The van der Waals surface area contributed by atoms with Crippen molar-refractivity contribution in [2.75, 3.05) is 24.4 Å². The third-order valence-electron chi connectivity index (χ3n) is 1.85. The second-order valence-corrected chi connectivity index (χ2v) is 4.05. The Labute approximate surface area is 92.0 Å². The summed E-state index contributed by atoms with van der Waals surface area (Å²) in [7, 11) is 1.98. The number of alkyl halides is 1. The van der Waals surface area contributed by atoms with Gasteiger partial charge in [-0.25, -0.2) is 4.98 Å². The highest BCUT2D eigenvalue weighted by molar-refractivity contribution is 9.10. The van der Waals surface area contributed by atoms with Crippen molar-refractivity contribution in [3.05, 3.63) is 22.3 Å². The molecule has 0 aromatic carbocycles. The van der Waals surface area contributed by atoms with Crippen LogP contribution in [0.1, 0.15) is 5.56 Å². The monoisotopic (exact) mass is 262 g/mol. The minimum Gasteiger partial charge on any atom is -0.358 e. The highest BCUT2D eigenvalue weighted by Crippen LogP contribution is 2.25. The fourth-order valence-electron chi connectivity index (χ4n) is 1.02. The van der Waals surface area contributed by atoms with Crippen molar-refractivity contribution in [1.82, 2.24) is 4.98 Å².